The molecule has 2 heterocycles. The Balaban J connectivity index is 2.07. The van der Waals surface area contributed by atoms with Gasteiger partial charge in [-0.05, 0) is 19.8 Å². The van der Waals surface area contributed by atoms with Crippen LogP contribution in [0.5, 0.6) is 0 Å². The number of aromatic nitrogens is 3. The van der Waals surface area contributed by atoms with Crippen LogP contribution in [-0.2, 0) is 4.74 Å². The lowest BCUT2D eigenvalue weighted by Crippen LogP contribution is -2.19. The molecule has 1 aliphatic heterocycles. The molecule has 78 valence electrons. The van der Waals surface area contributed by atoms with Crippen LogP contribution in [0.1, 0.15) is 36.9 Å². The Kier molecular flexibility index (Phi) is 3.03. The quantitative estimate of drug-likeness (QED) is 0.708. The second-order valence-corrected chi connectivity index (χ2v) is 4.24. The summed E-state index contributed by atoms with van der Waals surface area (Å²) in [6.07, 6.45) is 3.96. The highest BCUT2D eigenvalue weighted by Gasteiger charge is 2.17. The standard InChI is InChI=1S/C9H14ClN3O/c1-7(10)9-6-13(12-11-9)8-2-4-14-5-3-8/h6-8H,2-5H2,1H3. The van der Waals surface area contributed by atoms with Gasteiger partial charge in [0, 0.05) is 13.2 Å². The van der Waals surface area contributed by atoms with Gasteiger partial charge >= 0.3 is 0 Å². The molecule has 0 radical (unpaired) electrons. The molecule has 0 spiro atoms. The Morgan fingerprint density at radius 2 is 2.29 bits per heavy atom. The molecule has 1 aromatic rings. The van der Waals surface area contributed by atoms with Crippen molar-refractivity contribution in [3.63, 3.8) is 0 Å². The molecule has 0 N–H and O–H groups in total. The molecule has 14 heavy (non-hydrogen) atoms. The van der Waals surface area contributed by atoms with Crippen LogP contribution < -0.4 is 0 Å². The third kappa shape index (κ3) is 2.07. The molecular weight excluding hydrogens is 202 g/mol. The zero-order valence-electron chi connectivity index (χ0n) is 8.19. The van der Waals surface area contributed by atoms with Gasteiger partial charge in [-0.3, -0.25) is 0 Å². The van der Waals surface area contributed by atoms with Crippen molar-refractivity contribution in [1.29, 1.82) is 0 Å². The normalized spacial score (nSPS) is 21.0. The van der Waals surface area contributed by atoms with Crippen molar-refractivity contribution in [1.82, 2.24) is 15.0 Å². The van der Waals surface area contributed by atoms with Crippen LogP contribution in [0.3, 0.4) is 0 Å². The number of halogens is 1. The summed E-state index contributed by atoms with van der Waals surface area (Å²) < 4.78 is 7.20. The van der Waals surface area contributed by atoms with Gasteiger partial charge in [0.15, 0.2) is 0 Å². The number of alkyl halides is 1. The van der Waals surface area contributed by atoms with Gasteiger partial charge < -0.3 is 4.74 Å². The summed E-state index contributed by atoms with van der Waals surface area (Å²) in [6, 6.07) is 0.431. The fourth-order valence-electron chi connectivity index (χ4n) is 1.60. The van der Waals surface area contributed by atoms with Gasteiger partial charge in [-0.2, -0.15) is 0 Å². The SMILES string of the molecule is CC(Cl)c1cn(C2CCOCC2)nn1. The van der Waals surface area contributed by atoms with Crippen LogP contribution in [0.25, 0.3) is 0 Å². The molecular formula is C9H14ClN3O. The molecule has 5 heteroatoms. The predicted octanol–water partition coefficient (Wildman–Crippen LogP) is 1.93. The van der Waals surface area contributed by atoms with Gasteiger partial charge in [0.25, 0.3) is 0 Å². The maximum absolute atomic E-state index is 5.91. The molecule has 1 fully saturated rings. The minimum Gasteiger partial charge on any atom is -0.381 e. The average Bonchev–Trinajstić information content (AvgIpc) is 2.68. The van der Waals surface area contributed by atoms with E-state index < -0.39 is 0 Å². The molecule has 1 unspecified atom stereocenters. The van der Waals surface area contributed by atoms with Gasteiger partial charge in [-0.1, -0.05) is 5.21 Å². The lowest BCUT2D eigenvalue weighted by Gasteiger charge is -2.21. The summed E-state index contributed by atoms with van der Waals surface area (Å²) in [6.45, 7) is 3.53. The van der Waals surface area contributed by atoms with E-state index in [0.29, 0.717) is 6.04 Å². The maximum Gasteiger partial charge on any atom is 0.100 e. The van der Waals surface area contributed by atoms with Crippen molar-refractivity contribution in [2.45, 2.75) is 31.2 Å². The van der Waals surface area contributed by atoms with E-state index in [1.165, 1.54) is 0 Å². The molecule has 0 aliphatic carbocycles. The van der Waals surface area contributed by atoms with Crippen LogP contribution >= 0.6 is 11.6 Å². The number of hydrogen-bond donors (Lipinski definition) is 0. The van der Waals surface area contributed by atoms with E-state index in [-0.39, 0.29) is 5.38 Å². The smallest absolute Gasteiger partial charge is 0.100 e. The van der Waals surface area contributed by atoms with Gasteiger partial charge in [0.2, 0.25) is 0 Å². The zero-order chi connectivity index (χ0) is 9.97. The van der Waals surface area contributed by atoms with Crippen molar-refractivity contribution >= 4 is 11.6 Å². The first kappa shape index (κ1) is 9.93. The minimum atomic E-state index is -0.0661. The molecule has 0 amide bonds. The van der Waals surface area contributed by atoms with Gasteiger partial charge in [-0.15, -0.1) is 16.7 Å². The maximum atomic E-state index is 5.91. The largest absolute Gasteiger partial charge is 0.381 e. The first-order valence-electron chi connectivity index (χ1n) is 4.91. The van der Waals surface area contributed by atoms with E-state index in [9.17, 15) is 0 Å². The zero-order valence-corrected chi connectivity index (χ0v) is 8.94. The molecule has 2 rings (SSSR count). The van der Waals surface area contributed by atoms with Crippen molar-refractivity contribution in [3.8, 4) is 0 Å². The van der Waals surface area contributed by atoms with Crippen LogP contribution in [0.4, 0.5) is 0 Å². The number of nitrogens with zero attached hydrogens (tertiary/aromatic N) is 3. The molecule has 0 bridgehead atoms. The Morgan fingerprint density at radius 3 is 2.86 bits per heavy atom. The first-order chi connectivity index (χ1) is 6.77. The van der Waals surface area contributed by atoms with E-state index in [0.717, 1.165) is 31.7 Å². The monoisotopic (exact) mass is 215 g/mol. The summed E-state index contributed by atoms with van der Waals surface area (Å²) in [7, 11) is 0. The van der Waals surface area contributed by atoms with Crippen molar-refractivity contribution in [2.24, 2.45) is 0 Å². The van der Waals surface area contributed by atoms with E-state index in [4.69, 9.17) is 16.3 Å². The van der Waals surface area contributed by atoms with Crippen molar-refractivity contribution < 1.29 is 4.74 Å². The van der Waals surface area contributed by atoms with Crippen molar-refractivity contribution in [3.05, 3.63) is 11.9 Å². The number of rotatable bonds is 2. The third-order valence-electron chi connectivity index (χ3n) is 2.50. The van der Waals surface area contributed by atoms with Crippen LogP contribution in [-0.4, -0.2) is 28.2 Å². The van der Waals surface area contributed by atoms with Gasteiger partial charge in [0.05, 0.1) is 17.6 Å². The second kappa shape index (κ2) is 4.28. The number of ether oxygens (including phenoxy) is 1. The third-order valence-corrected chi connectivity index (χ3v) is 2.72. The van der Waals surface area contributed by atoms with Crippen LogP contribution in [0.15, 0.2) is 6.20 Å². The minimum absolute atomic E-state index is 0.0661. The summed E-state index contributed by atoms with van der Waals surface area (Å²) in [5.41, 5.74) is 0.846. The van der Waals surface area contributed by atoms with Gasteiger partial charge in [0.1, 0.15) is 5.69 Å². The highest BCUT2D eigenvalue weighted by Crippen LogP contribution is 2.22. The van der Waals surface area contributed by atoms with Crippen LogP contribution in [0.2, 0.25) is 0 Å². The molecule has 1 aromatic heterocycles. The van der Waals surface area contributed by atoms with Gasteiger partial charge in [-0.25, -0.2) is 4.68 Å². The molecule has 1 atom stereocenters. The van der Waals surface area contributed by atoms with Crippen molar-refractivity contribution in [2.75, 3.05) is 13.2 Å². The molecule has 0 aromatic carbocycles. The average molecular weight is 216 g/mol. The highest BCUT2D eigenvalue weighted by molar-refractivity contribution is 6.20. The van der Waals surface area contributed by atoms with E-state index in [2.05, 4.69) is 10.3 Å². The van der Waals surface area contributed by atoms with E-state index in [1.54, 1.807) is 0 Å². The predicted molar refractivity (Wildman–Crippen MR) is 53.4 cm³/mol. The van der Waals surface area contributed by atoms with Crippen LogP contribution in [0, 0.1) is 0 Å². The molecule has 4 nitrogen and oxygen atoms in total. The first-order valence-corrected chi connectivity index (χ1v) is 5.34. The lowest BCUT2D eigenvalue weighted by atomic mass is 10.1. The Bertz CT molecular complexity index is 294. The summed E-state index contributed by atoms with van der Waals surface area (Å²) in [5.74, 6) is 0. The second-order valence-electron chi connectivity index (χ2n) is 3.58. The topological polar surface area (TPSA) is 39.9 Å². The lowest BCUT2D eigenvalue weighted by molar-refractivity contribution is 0.0657. The fourth-order valence-corrected chi connectivity index (χ4v) is 1.70. The van der Waals surface area contributed by atoms with E-state index in [1.807, 2.05) is 17.8 Å². The summed E-state index contributed by atoms with van der Waals surface area (Å²) >= 11 is 5.91. The summed E-state index contributed by atoms with van der Waals surface area (Å²) in [4.78, 5) is 0. The Hall–Kier alpha value is -0.610. The Labute approximate surface area is 88.2 Å². The number of hydrogen-bond acceptors (Lipinski definition) is 3. The highest BCUT2D eigenvalue weighted by atomic mass is 35.5. The molecule has 0 saturated carbocycles. The summed E-state index contributed by atoms with van der Waals surface area (Å²) in [5, 5.41) is 8.05. The van der Waals surface area contributed by atoms with E-state index >= 15 is 0 Å². The Morgan fingerprint density at radius 1 is 1.57 bits per heavy atom. The fraction of sp³-hybridized carbons (Fsp3) is 0.778. The molecule has 1 saturated heterocycles. The molecule has 1 aliphatic rings.